The molecular weight excluding hydrogens is 380 g/mol. The van der Waals surface area contributed by atoms with Crippen LogP contribution in [0.15, 0.2) is 12.1 Å². The van der Waals surface area contributed by atoms with Crippen LogP contribution in [0.2, 0.25) is 0 Å². The molecule has 2 N–H and O–H groups in total. The Hall–Kier alpha value is -1.79. The average molecular weight is 442 g/mol. The number of carbonyl (C=O) groups excluding carboxylic acids is 1. The zero-order chi connectivity index (χ0) is 42.0. The summed E-state index contributed by atoms with van der Waals surface area (Å²) in [5.41, 5.74) is 4.29. The van der Waals surface area contributed by atoms with Crippen molar-refractivity contribution in [2.45, 2.75) is 64.8 Å². The molecule has 2 heterocycles. The van der Waals surface area contributed by atoms with Crippen LogP contribution in [0.25, 0.3) is 0 Å². The maximum Gasteiger partial charge on any atom is 0.323 e. The Bertz CT molecular complexity index is 1590. The Morgan fingerprint density at radius 2 is 2.23 bits per heavy atom. The third-order valence-corrected chi connectivity index (χ3v) is 4.58. The van der Waals surface area contributed by atoms with E-state index in [1.165, 1.54) is 0 Å². The maximum absolute atomic E-state index is 13.8. The molecule has 0 aliphatic carbocycles. The predicted octanol–water partition coefficient (Wildman–Crippen LogP) is 3.56. The number of rotatable bonds is 7. The lowest BCUT2D eigenvalue weighted by molar-refractivity contribution is -0.160. The van der Waals surface area contributed by atoms with E-state index in [-0.39, 0.29) is 0 Å². The molecule has 0 saturated carbocycles. The number of nitrogens with two attached hydrogens (primary N) is 1. The first-order valence-electron chi connectivity index (χ1n) is 20.3. The molecule has 1 aromatic carbocycles. The van der Waals surface area contributed by atoms with E-state index in [1.807, 2.05) is 0 Å². The van der Waals surface area contributed by atoms with Crippen molar-refractivity contribution in [3.63, 3.8) is 0 Å². The first kappa shape index (κ1) is 7.38. The number of methoxy groups -OCH3 is 2. The number of ether oxygens (including phenoxy) is 3. The average Bonchev–Trinajstić information content (AvgIpc) is 2.92. The number of benzene rings is 1. The van der Waals surface area contributed by atoms with Gasteiger partial charge in [0.05, 0.1) is 22.4 Å². The van der Waals surface area contributed by atoms with Gasteiger partial charge in [0.15, 0.2) is 11.5 Å². The monoisotopic (exact) mass is 441 g/mol. The summed E-state index contributed by atoms with van der Waals surface area (Å²) in [5, 5.41) is 0. The largest absolute Gasteiger partial charge is 0.493 e. The SMILES string of the molecule is [2H]C([2H])([2H])Oc1cc2c(cc1OC)C1([2H])CC([2H])(OC(=O)[C@@]([2H])(N)C([2H])(C([2H])([2H])[2H])C([2H])([2H])[2H])C(C([2H])([2H])C([2H])(C)C([2H])([2H])[2H])CN1C([2H])([2H])C2([2H])[2H]. The number of esters is 1. The first-order valence-corrected chi connectivity index (χ1v) is 8.78. The molecule has 1 fully saturated rings. The smallest absolute Gasteiger partial charge is 0.323 e. The van der Waals surface area contributed by atoms with Crippen LogP contribution in [0, 0.1) is 17.7 Å². The second-order valence-corrected chi connectivity index (χ2v) is 6.59. The van der Waals surface area contributed by atoms with Crippen molar-refractivity contribution >= 4 is 5.97 Å². The van der Waals surface area contributed by atoms with Crippen molar-refractivity contribution in [1.82, 2.24) is 4.90 Å². The Kier molecular flexibility index (Phi) is 2.35. The highest BCUT2D eigenvalue weighted by Crippen LogP contribution is 2.44. The van der Waals surface area contributed by atoms with E-state index in [9.17, 15) is 7.54 Å². The van der Waals surface area contributed by atoms with Gasteiger partial charge in [-0.15, -0.1) is 0 Å². The predicted molar refractivity (Wildman–Crippen MR) is 118 cm³/mol. The molecule has 0 spiro atoms. The first-order chi connectivity index (χ1) is 23.1. The molecule has 0 radical (unpaired) electrons. The molecule has 6 heteroatoms. The Labute approximate surface area is 213 Å². The summed E-state index contributed by atoms with van der Waals surface area (Å²) in [7, 11) is -2.14. The number of hydrogen-bond donors (Lipinski definition) is 1. The summed E-state index contributed by atoms with van der Waals surface area (Å²) < 4.78 is 205. The fourth-order valence-corrected chi connectivity index (χ4v) is 3.17. The van der Waals surface area contributed by atoms with Gasteiger partial charge in [-0.25, -0.2) is 0 Å². The van der Waals surface area contributed by atoms with E-state index in [0.717, 1.165) is 13.2 Å². The van der Waals surface area contributed by atoms with Gasteiger partial charge >= 0.3 is 5.97 Å². The lowest BCUT2D eigenvalue weighted by Crippen LogP contribution is -2.51. The van der Waals surface area contributed by atoms with Gasteiger partial charge in [0.25, 0.3) is 0 Å². The lowest BCUT2D eigenvalue weighted by Gasteiger charge is -2.47. The zero-order valence-electron chi connectivity index (χ0n) is 39.3. The Balaban J connectivity index is 2.45. The molecule has 6 nitrogen and oxygen atoms in total. The molecule has 168 valence electrons. The van der Waals surface area contributed by atoms with Gasteiger partial charge in [0.2, 0.25) is 0 Å². The van der Waals surface area contributed by atoms with Gasteiger partial charge in [0, 0.05) is 54.7 Å². The van der Waals surface area contributed by atoms with Crippen LogP contribution in [0.4, 0.5) is 0 Å². The van der Waals surface area contributed by atoms with Crippen LogP contribution in [-0.2, 0) is 15.9 Å². The number of aryl methyl sites for hydroxylation is 1. The minimum atomic E-state index is -4.20. The normalized spacial score (nSPS) is 50.0. The van der Waals surface area contributed by atoms with Crippen LogP contribution in [-0.4, -0.2) is 50.2 Å². The van der Waals surface area contributed by atoms with Crippen LogP contribution in [0.3, 0.4) is 0 Å². The van der Waals surface area contributed by atoms with Crippen LogP contribution >= 0.6 is 0 Å². The number of piperidine rings is 1. The minimum Gasteiger partial charge on any atom is -0.493 e. The van der Waals surface area contributed by atoms with Crippen molar-refractivity contribution in [3.8, 4) is 11.5 Å². The van der Waals surface area contributed by atoms with E-state index in [1.54, 1.807) is 0 Å². The second-order valence-electron chi connectivity index (χ2n) is 6.59. The molecule has 0 amide bonds. The van der Waals surface area contributed by atoms with Gasteiger partial charge < -0.3 is 19.9 Å². The van der Waals surface area contributed by atoms with E-state index in [2.05, 4.69) is 0 Å². The fourth-order valence-electron chi connectivity index (χ4n) is 3.17. The molecule has 2 aliphatic heterocycles. The van der Waals surface area contributed by atoms with Crippen molar-refractivity contribution in [3.05, 3.63) is 23.3 Å². The van der Waals surface area contributed by atoms with Crippen molar-refractivity contribution in [2.75, 3.05) is 27.2 Å². The zero-order valence-corrected chi connectivity index (χ0v) is 16.3. The van der Waals surface area contributed by atoms with E-state index in [0.29, 0.717) is 17.9 Å². The number of fused-ring (bicyclic) bond motifs is 3. The van der Waals surface area contributed by atoms with Crippen molar-refractivity contribution < 1.29 is 50.5 Å². The number of carbonyl (C=O) groups is 1. The highest BCUT2D eigenvalue weighted by Gasteiger charge is 2.41. The standard InChI is InChI=1S/C24H38N2O4/c1-14(2)9-17-13-26-8-7-16-10-21(28-5)22(29-6)11-18(16)19(26)12-20(17)30-24(27)23(25)15(3)4/h10-11,14-15,17,19-20,23H,7-9,12-13,25H2,1-6H3/t17?,19?,20?,23-/m0/s1/i1D3,3D3,4D3,5D3,7D2,8D2,9D2,14D,15D,19D,20D,23D/t14?,17?,19?,20?,23-. The summed E-state index contributed by atoms with van der Waals surface area (Å²) in [6.07, 6.45) is -11.9. The van der Waals surface area contributed by atoms with Gasteiger partial charge in [-0.2, -0.15) is 0 Å². The van der Waals surface area contributed by atoms with Crippen LogP contribution in [0.5, 0.6) is 11.5 Å². The van der Waals surface area contributed by atoms with E-state index < -0.39 is 124 Å². The molecule has 4 unspecified atom stereocenters. The summed E-state index contributed by atoms with van der Waals surface area (Å²) in [6.45, 7) is -15.9. The Morgan fingerprint density at radius 3 is 2.93 bits per heavy atom. The lowest BCUT2D eigenvalue weighted by atomic mass is 9.79. The number of nitrogens with zero attached hydrogens (tertiary/aromatic N) is 1. The highest BCUT2D eigenvalue weighted by molar-refractivity contribution is 5.76. The third kappa shape index (κ3) is 4.75. The molecule has 2 aliphatic rings. The summed E-state index contributed by atoms with van der Waals surface area (Å²) in [4.78, 5) is 14.1. The quantitative estimate of drug-likeness (QED) is 0.652. The topological polar surface area (TPSA) is 74.0 Å². The summed E-state index contributed by atoms with van der Waals surface area (Å²) >= 11 is 0. The molecular formula is C24H38N2O4. The van der Waals surface area contributed by atoms with E-state index >= 15 is 0 Å². The minimum absolute atomic E-state index is 0.362. The number of hydrogen-bond acceptors (Lipinski definition) is 6. The van der Waals surface area contributed by atoms with E-state index in [4.69, 9.17) is 48.7 Å². The molecule has 0 bridgehead atoms. The van der Waals surface area contributed by atoms with Crippen LogP contribution in [0.1, 0.15) is 88.9 Å². The fraction of sp³-hybridized carbons (Fsp3) is 0.708. The van der Waals surface area contributed by atoms with Gasteiger partial charge in [-0.05, 0) is 47.8 Å². The molecule has 5 atom stereocenters. The van der Waals surface area contributed by atoms with Crippen molar-refractivity contribution in [1.29, 1.82) is 0 Å². The maximum atomic E-state index is 13.8. The molecule has 3 rings (SSSR count). The highest BCUT2D eigenvalue weighted by atomic mass is 16.5. The molecule has 1 saturated heterocycles. The van der Waals surface area contributed by atoms with Gasteiger partial charge in [-0.1, -0.05) is 27.5 Å². The summed E-state index contributed by atoms with van der Waals surface area (Å²) in [6, 6.07) is -5.50. The van der Waals surface area contributed by atoms with Gasteiger partial charge in [0.1, 0.15) is 12.1 Å². The Morgan fingerprint density at radius 1 is 1.43 bits per heavy atom. The van der Waals surface area contributed by atoms with Gasteiger partial charge in [-0.3, -0.25) is 9.69 Å². The molecule has 0 aromatic heterocycles. The van der Waals surface area contributed by atoms with Crippen molar-refractivity contribution in [2.24, 2.45) is 23.4 Å². The third-order valence-electron chi connectivity index (χ3n) is 4.58. The molecule has 1 aromatic rings. The summed E-state index contributed by atoms with van der Waals surface area (Å²) in [5.74, 6) is -13.6. The molecule has 30 heavy (non-hydrogen) atoms. The van der Waals surface area contributed by atoms with Crippen LogP contribution < -0.4 is 15.2 Å². The second kappa shape index (κ2) is 9.56.